The van der Waals surface area contributed by atoms with Crippen LogP contribution in [0.5, 0.6) is 11.5 Å². The van der Waals surface area contributed by atoms with Crippen LogP contribution in [-0.4, -0.2) is 33.1 Å². The van der Waals surface area contributed by atoms with E-state index in [2.05, 4.69) is 4.18 Å². The van der Waals surface area contributed by atoms with Crippen LogP contribution in [0, 0.1) is 6.92 Å². The fourth-order valence-electron chi connectivity index (χ4n) is 2.14. The number of ether oxygens (including phenoxy) is 2. The molecular formula is C18H27F3O6S. The highest BCUT2D eigenvalue weighted by molar-refractivity contribution is 7.88. The van der Waals surface area contributed by atoms with E-state index < -0.39 is 27.7 Å². The van der Waals surface area contributed by atoms with Gasteiger partial charge in [0.15, 0.2) is 18.3 Å². The first-order chi connectivity index (χ1) is 13.1. The van der Waals surface area contributed by atoms with Gasteiger partial charge in [0.1, 0.15) is 5.75 Å². The SMILES string of the molecule is CC.CC.Cc1cc(OC2CCCCO2)cc(OS(=O)(=O)C(F)(F)F)c1C=O. The largest absolute Gasteiger partial charge is 0.534 e. The minimum Gasteiger partial charge on any atom is -0.465 e. The van der Waals surface area contributed by atoms with Gasteiger partial charge >= 0.3 is 15.6 Å². The van der Waals surface area contributed by atoms with E-state index in [0.717, 1.165) is 18.9 Å². The van der Waals surface area contributed by atoms with Crippen molar-refractivity contribution >= 4 is 16.4 Å². The van der Waals surface area contributed by atoms with Crippen molar-refractivity contribution in [3.8, 4) is 11.5 Å². The molecule has 0 aliphatic carbocycles. The molecule has 0 amide bonds. The van der Waals surface area contributed by atoms with E-state index in [4.69, 9.17) is 9.47 Å². The summed E-state index contributed by atoms with van der Waals surface area (Å²) in [4.78, 5) is 11.1. The second kappa shape index (κ2) is 11.9. The quantitative estimate of drug-likeness (QED) is 0.373. The van der Waals surface area contributed by atoms with Crippen LogP contribution in [-0.2, 0) is 14.9 Å². The zero-order chi connectivity index (χ0) is 22.0. The van der Waals surface area contributed by atoms with Crippen molar-refractivity contribution in [2.24, 2.45) is 0 Å². The monoisotopic (exact) mass is 428 g/mol. The molecule has 1 aromatic rings. The van der Waals surface area contributed by atoms with Crippen molar-refractivity contribution in [2.75, 3.05) is 6.61 Å². The van der Waals surface area contributed by atoms with Gasteiger partial charge in [0, 0.05) is 12.5 Å². The Balaban J connectivity index is 0.00000171. The Morgan fingerprint density at radius 3 is 2.21 bits per heavy atom. The Labute approximate surface area is 164 Å². The third-order valence-corrected chi connectivity index (χ3v) is 4.29. The maximum atomic E-state index is 12.5. The van der Waals surface area contributed by atoms with Crippen molar-refractivity contribution in [1.82, 2.24) is 0 Å². The van der Waals surface area contributed by atoms with Crippen LogP contribution in [0.3, 0.4) is 0 Å². The molecule has 1 heterocycles. The maximum Gasteiger partial charge on any atom is 0.534 e. The molecule has 28 heavy (non-hydrogen) atoms. The van der Waals surface area contributed by atoms with E-state index >= 15 is 0 Å². The van der Waals surface area contributed by atoms with Gasteiger partial charge in [-0.2, -0.15) is 21.6 Å². The first-order valence-electron chi connectivity index (χ1n) is 9.03. The average molecular weight is 428 g/mol. The van der Waals surface area contributed by atoms with Crippen molar-refractivity contribution in [2.45, 2.75) is 65.7 Å². The van der Waals surface area contributed by atoms with Crippen molar-refractivity contribution in [3.05, 3.63) is 23.3 Å². The number of rotatable bonds is 5. The Morgan fingerprint density at radius 2 is 1.75 bits per heavy atom. The predicted molar refractivity (Wildman–Crippen MR) is 99.1 cm³/mol. The smallest absolute Gasteiger partial charge is 0.465 e. The first-order valence-corrected chi connectivity index (χ1v) is 10.4. The summed E-state index contributed by atoms with van der Waals surface area (Å²) in [6, 6.07) is 2.33. The minimum absolute atomic E-state index is 0.0531. The second-order valence-corrected chi connectivity index (χ2v) is 6.70. The van der Waals surface area contributed by atoms with E-state index in [1.807, 2.05) is 27.7 Å². The maximum absolute atomic E-state index is 12.5. The highest BCUT2D eigenvalue weighted by atomic mass is 32.2. The molecule has 6 nitrogen and oxygen atoms in total. The Hall–Kier alpha value is -1.81. The molecule has 162 valence electrons. The summed E-state index contributed by atoms with van der Waals surface area (Å²) in [6.45, 7) is 9.91. The van der Waals surface area contributed by atoms with Gasteiger partial charge in [0.2, 0.25) is 0 Å². The number of carbonyl (C=O) groups excluding carboxylic acids is 1. The van der Waals surface area contributed by atoms with Crippen LogP contribution in [0.4, 0.5) is 13.2 Å². The average Bonchev–Trinajstić information content (AvgIpc) is 2.64. The predicted octanol–water partition coefficient (Wildman–Crippen LogP) is 4.99. The molecule has 1 aliphatic rings. The third kappa shape index (κ3) is 7.31. The molecule has 0 spiro atoms. The number of hydrogen-bond acceptors (Lipinski definition) is 6. The number of aryl methyl sites for hydroxylation is 1. The Bertz CT molecular complexity index is 711. The highest BCUT2D eigenvalue weighted by Crippen LogP contribution is 2.33. The first kappa shape index (κ1) is 26.2. The van der Waals surface area contributed by atoms with E-state index in [1.165, 1.54) is 13.0 Å². The summed E-state index contributed by atoms with van der Waals surface area (Å²) in [5, 5.41) is 0. The van der Waals surface area contributed by atoms with Gasteiger partial charge in [0.05, 0.1) is 12.2 Å². The lowest BCUT2D eigenvalue weighted by molar-refractivity contribution is -0.105. The zero-order valence-electron chi connectivity index (χ0n) is 16.6. The van der Waals surface area contributed by atoms with Gasteiger partial charge in [-0.3, -0.25) is 4.79 Å². The molecule has 0 aromatic heterocycles. The highest BCUT2D eigenvalue weighted by Gasteiger charge is 2.49. The lowest BCUT2D eigenvalue weighted by Crippen LogP contribution is -2.28. The van der Waals surface area contributed by atoms with Crippen molar-refractivity contribution < 1.29 is 40.0 Å². The fraction of sp³-hybridized carbons (Fsp3) is 0.611. The molecule has 10 heteroatoms. The number of hydrogen-bond donors (Lipinski definition) is 0. The summed E-state index contributed by atoms with van der Waals surface area (Å²) >= 11 is 0. The van der Waals surface area contributed by atoms with E-state index in [9.17, 15) is 26.4 Å². The van der Waals surface area contributed by atoms with Crippen LogP contribution in [0.1, 0.15) is 62.9 Å². The molecular weight excluding hydrogens is 401 g/mol. The normalized spacial score (nSPS) is 16.6. The number of halogens is 3. The molecule has 1 aliphatic heterocycles. The van der Waals surface area contributed by atoms with E-state index in [1.54, 1.807) is 0 Å². The Kier molecular flexibility index (Phi) is 11.1. The molecule has 1 atom stereocenters. The van der Waals surface area contributed by atoms with Gasteiger partial charge in [0.25, 0.3) is 0 Å². The van der Waals surface area contributed by atoms with E-state index in [-0.39, 0.29) is 23.2 Å². The van der Waals surface area contributed by atoms with Gasteiger partial charge < -0.3 is 13.7 Å². The van der Waals surface area contributed by atoms with Crippen molar-refractivity contribution in [3.63, 3.8) is 0 Å². The number of alkyl halides is 3. The number of benzene rings is 1. The molecule has 1 fully saturated rings. The Morgan fingerprint density at radius 1 is 1.14 bits per heavy atom. The molecule has 0 saturated carbocycles. The van der Waals surface area contributed by atoms with Crippen LogP contribution in [0.2, 0.25) is 0 Å². The third-order valence-electron chi connectivity index (χ3n) is 3.33. The van der Waals surface area contributed by atoms with Crippen LogP contribution in [0.15, 0.2) is 12.1 Å². The number of aldehydes is 1. The molecule has 1 aromatic carbocycles. The van der Waals surface area contributed by atoms with E-state index in [0.29, 0.717) is 13.0 Å². The summed E-state index contributed by atoms with van der Waals surface area (Å²) in [6.07, 6.45) is 1.96. The molecule has 0 bridgehead atoms. The lowest BCUT2D eigenvalue weighted by atomic mass is 10.1. The zero-order valence-corrected chi connectivity index (χ0v) is 17.4. The standard InChI is InChI=1S/C14H15F3O6S.2C2H6/c1-9-6-10(22-13-4-2-3-5-21-13)7-12(11(9)8-18)23-24(19,20)14(15,16)17;2*1-2/h6-8,13H,2-5H2,1H3;2*1-2H3. The number of carbonyl (C=O) groups is 1. The van der Waals surface area contributed by atoms with Gasteiger partial charge in [-0.1, -0.05) is 27.7 Å². The van der Waals surface area contributed by atoms with Crippen LogP contribution >= 0.6 is 0 Å². The van der Waals surface area contributed by atoms with Crippen LogP contribution < -0.4 is 8.92 Å². The van der Waals surface area contributed by atoms with Crippen LogP contribution in [0.25, 0.3) is 0 Å². The van der Waals surface area contributed by atoms with Gasteiger partial charge in [-0.25, -0.2) is 0 Å². The molecule has 1 unspecified atom stereocenters. The molecule has 2 rings (SSSR count). The fourth-order valence-corrected chi connectivity index (χ4v) is 2.61. The molecule has 0 N–H and O–H groups in total. The topological polar surface area (TPSA) is 78.9 Å². The van der Waals surface area contributed by atoms with Gasteiger partial charge in [-0.15, -0.1) is 0 Å². The second-order valence-electron chi connectivity index (χ2n) is 5.17. The lowest BCUT2D eigenvalue weighted by Gasteiger charge is -2.24. The van der Waals surface area contributed by atoms with Crippen molar-refractivity contribution in [1.29, 1.82) is 0 Å². The minimum atomic E-state index is -5.90. The van der Waals surface area contributed by atoms with Gasteiger partial charge in [-0.05, 0) is 31.4 Å². The summed E-state index contributed by atoms with van der Waals surface area (Å²) in [5.74, 6) is -0.689. The summed E-state index contributed by atoms with van der Waals surface area (Å²) < 4.78 is 74.7. The molecule has 1 saturated heterocycles. The molecule has 0 radical (unpaired) electrons. The summed E-state index contributed by atoms with van der Waals surface area (Å²) in [7, 11) is -5.90. The summed E-state index contributed by atoms with van der Waals surface area (Å²) in [5.41, 5.74) is -5.70.